The molecule has 0 aliphatic carbocycles. The number of hydrogen-bond donors (Lipinski definition) is 1. The average molecular weight is 498 g/mol. The molecule has 0 aliphatic heterocycles. The average Bonchev–Trinajstić information content (AvgIpc) is 2.84. The molecule has 1 atom stereocenters. The molecule has 0 aliphatic rings. The molecule has 2 aromatic carbocycles. The van der Waals surface area contributed by atoms with E-state index in [1.54, 1.807) is 0 Å². The third kappa shape index (κ3) is 6.51. The Morgan fingerprint density at radius 3 is 1.86 bits per heavy atom. The van der Waals surface area contributed by atoms with E-state index in [-0.39, 0.29) is 18.1 Å². The van der Waals surface area contributed by atoms with Crippen LogP contribution in [0, 0.1) is 0 Å². The third-order valence-corrected chi connectivity index (χ3v) is 10.6. The van der Waals surface area contributed by atoms with Crippen LogP contribution in [0.3, 0.4) is 0 Å². The fraction of sp³-hybridized carbons (Fsp3) is 0.360. The smallest absolute Gasteiger partial charge is 0.441 e. The van der Waals surface area contributed by atoms with Crippen molar-refractivity contribution in [3.05, 3.63) is 66.2 Å². The number of ether oxygens (including phenoxy) is 2. The summed E-state index contributed by atoms with van der Waals surface area (Å²) in [6.45, 7) is 6.23. The number of rotatable bonds is 10. The first kappa shape index (κ1) is 27.6. The first-order chi connectivity index (χ1) is 16.6. The zero-order chi connectivity index (χ0) is 26.1. The molecule has 0 saturated heterocycles. The van der Waals surface area contributed by atoms with Gasteiger partial charge in [0.05, 0.1) is 26.9 Å². The monoisotopic (exact) mass is 497 g/mol. The molecule has 9 nitrogen and oxygen atoms in total. The number of hydrogen-bond acceptors (Lipinski definition) is 6. The highest BCUT2D eigenvalue weighted by Gasteiger charge is 2.50. The van der Waals surface area contributed by atoms with Gasteiger partial charge in [-0.15, -0.1) is 0 Å². The van der Waals surface area contributed by atoms with E-state index in [1.165, 1.54) is 7.11 Å². The molecule has 0 spiro atoms. The largest absolute Gasteiger partial charge is 0.460 e. The van der Waals surface area contributed by atoms with Gasteiger partial charge in [0.15, 0.2) is 0 Å². The number of ketones is 1. The number of amides is 1. The van der Waals surface area contributed by atoms with E-state index >= 15 is 0 Å². The maximum absolute atomic E-state index is 12.7. The second-order valence-corrected chi connectivity index (χ2v) is 13.2. The van der Waals surface area contributed by atoms with Crippen LogP contribution in [0.4, 0.5) is 4.79 Å². The van der Waals surface area contributed by atoms with E-state index in [0.29, 0.717) is 0 Å². The summed E-state index contributed by atoms with van der Waals surface area (Å²) in [6, 6.07) is 18.9. The number of methoxy groups -OCH3 is 2. The van der Waals surface area contributed by atoms with E-state index in [4.69, 9.17) is 14.7 Å². The fourth-order valence-corrected chi connectivity index (χ4v) is 8.60. The highest BCUT2D eigenvalue weighted by Crippen LogP contribution is 2.36. The van der Waals surface area contributed by atoms with Gasteiger partial charge in [-0.25, -0.2) is 9.59 Å². The van der Waals surface area contributed by atoms with E-state index in [2.05, 4.69) is 35.6 Å². The van der Waals surface area contributed by atoms with Gasteiger partial charge in [-0.2, -0.15) is 4.79 Å². The Labute approximate surface area is 206 Å². The number of nitrogens with zero attached hydrogens (tertiary/aromatic N) is 2. The van der Waals surface area contributed by atoms with E-state index < -0.39 is 37.9 Å². The molecule has 0 heterocycles. The van der Waals surface area contributed by atoms with Crippen molar-refractivity contribution in [2.45, 2.75) is 38.3 Å². The van der Waals surface area contributed by atoms with Crippen molar-refractivity contribution in [2.75, 3.05) is 20.8 Å². The standard InChI is InChI=1S/C25H31N3O6Si/c1-25(2,3)35(19-12-8-6-9-13-19,20-14-10-7-11-15-20)34-17-18(27-24(31)33-5)16-21(29)22(28-26)23(30)32-4/h6-15,18H,16-17H2,1-5H3,(H,27,31)/t18-/m0/s1. The van der Waals surface area contributed by atoms with Gasteiger partial charge in [0.25, 0.3) is 14.1 Å². The summed E-state index contributed by atoms with van der Waals surface area (Å²) in [5.41, 5.74) is 8.36. The minimum atomic E-state index is -2.96. The first-order valence-electron chi connectivity index (χ1n) is 11.0. The quantitative estimate of drug-likeness (QED) is 0.134. The van der Waals surface area contributed by atoms with Crippen LogP contribution in [0.5, 0.6) is 0 Å². The van der Waals surface area contributed by atoms with Gasteiger partial charge in [0.2, 0.25) is 0 Å². The molecule has 0 aromatic heterocycles. The summed E-state index contributed by atoms with van der Waals surface area (Å²) in [7, 11) is -0.696. The molecule has 1 N–H and O–H groups in total. The van der Waals surface area contributed by atoms with Crippen LogP contribution in [0.15, 0.2) is 60.7 Å². The predicted octanol–water partition coefficient (Wildman–Crippen LogP) is 2.09. The number of alkyl carbamates (subject to hydrolysis) is 1. The summed E-state index contributed by atoms with van der Waals surface area (Å²) < 4.78 is 16.0. The topological polar surface area (TPSA) is 127 Å². The normalized spacial score (nSPS) is 12.1. The maximum Gasteiger partial charge on any atom is 0.441 e. The Bertz CT molecular complexity index is 1040. The van der Waals surface area contributed by atoms with Crippen LogP contribution in [0.1, 0.15) is 27.2 Å². The molecule has 0 fully saturated rings. The van der Waals surface area contributed by atoms with Gasteiger partial charge in [-0.1, -0.05) is 81.4 Å². The molecule has 186 valence electrons. The Morgan fingerprint density at radius 1 is 0.943 bits per heavy atom. The Morgan fingerprint density at radius 2 is 1.46 bits per heavy atom. The van der Waals surface area contributed by atoms with Crippen molar-refractivity contribution in [1.82, 2.24) is 5.32 Å². The van der Waals surface area contributed by atoms with Gasteiger partial charge in [0.1, 0.15) is 0 Å². The molecule has 1 amide bonds. The minimum absolute atomic E-state index is 0.0615. The van der Waals surface area contributed by atoms with Crippen molar-refractivity contribution < 1.29 is 33.1 Å². The Kier molecular flexibility index (Phi) is 9.65. The van der Waals surface area contributed by atoms with Crippen LogP contribution in [0.2, 0.25) is 5.04 Å². The van der Waals surface area contributed by atoms with Crippen LogP contribution < -0.4 is 15.7 Å². The zero-order valence-electron chi connectivity index (χ0n) is 20.6. The summed E-state index contributed by atoms with van der Waals surface area (Å²) >= 11 is 0. The molecule has 2 aromatic rings. The number of carbonyl (C=O) groups is 3. The highest BCUT2D eigenvalue weighted by molar-refractivity contribution is 6.99. The molecule has 0 unspecified atom stereocenters. The molecule has 0 bridgehead atoms. The second kappa shape index (κ2) is 12.2. The minimum Gasteiger partial charge on any atom is -0.460 e. The van der Waals surface area contributed by atoms with Crippen molar-refractivity contribution in [3.63, 3.8) is 0 Å². The lowest BCUT2D eigenvalue weighted by molar-refractivity contribution is -0.139. The molecule has 10 heteroatoms. The highest BCUT2D eigenvalue weighted by atomic mass is 28.4. The van der Waals surface area contributed by atoms with Crippen molar-refractivity contribution in [2.24, 2.45) is 0 Å². The van der Waals surface area contributed by atoms with Crippen LogP contribution in [-0.2, 0) is 23.5 Å². The number of Topliss-reactive ketones (excluding diaryl/α,β-unsaturated/α-hetero) is 1. The van der Waals surface area contributed by atoms with Crippen LogP contribution in [0.25, 0.3) is 5.53 Å². The molecular formula is C25H31N3O6Si. The molecule has 35 heavy (non-hydrogen) atoms. The molecular weight excluding hydrogens is 466 g/mol. The molecule has 2 rings (SSSR count). The Balaban J connectivity index is 2.50. The number of esters is 1. The summed E-state index contributed by atoms with van der Waals surface area (Å²) in [5.74, 6) is -1.89. The lowest BCUT2D eigenvalue weighted by atomic mass is 10.1. The van der Waals surface area contributed by atoms with Crippen molar-refractivity contribution >= 4 is 42.2 Å². The molecule has 0 radical (unpaired) electrons. The lowest BCUT2D eigenvalue weighted by Crippen LogP contribution is -2.67. The summed E-state index contributed by atoms with van der Waals surface area (Å²) in [6.07, 6.45) is -1.14. The fourth-order valence-electron chi connectivity index (χ4n) is 3.99. The van der Waals surface area contributed by atoms with Crippen molar-refractivity contribution in [3.8, 4) is 0 Å². The van der Waals surface area contributed by atoms with E-state index in [0.717, 1.165) is 17.5 Å². The third-order valence-electron chi connectivity index (χ3n) is 5.60. The van der Waals surface area contributed by atoms with Gasteiger partial charge in [-0.05, 0) is 15.4 Å². The van der Waals surface area contributed by atoms with Crippen LogP contribution in [-0.4, -0.2) is 63.5 Å². The second-order valence-electron chi connectivity index (χ2n) is 8.87. The van der Waals surface area contributed by atoms with Gasteiger partial charge in [0, 0.05) is 6.42 Å². The number of benzene rings is 2. The summed E-state index contributed by atoms with van der Waals surface area (Å²) in [5, 5.41) is 4.30. The van der Waals surface area contributed by atoms with Gasteiger partial charge >= 0.3 is 17.8 Å². The first-order valence-corrected chi connectivity index (χ1v) is 12.9. The van der Waals surface area contributed by atoms with E-state index in [1.807, 2.05) is 60.7 Å². The van der Waals surface area contributed by atoms with Gasteiger partial charge in [-0.3, -0.25) is 4.79 Å². The van der Waals surface area contributed by atoms with Crippen LogP contribution >= 0.6 is 0 Å². The molecule has 0 saturated carbocycles. The number of nitrogens with one attached hydrogen (secondary N) is 1. The van der Waals surface area contributed by atoms with E-state index in [9.17, 15) is 14.4 Å². The zero-order valence-corrected chi connectivity index (χ0v) is 21.6. The summed E-state index contributed by atoms with van der Waals surface area (Å²) in [4.78, 5) is 39.3. The van der Waals surface area contributed by atoms with Gasteiger partial charge < -0.3 is 24.7 Å². The van der Waals surface area contributed by atoms with Crippen molar-refractivity contribution in [1.29, 1.82) is 0 Å². The maximum atomic E-state index is 12.7. The SMILES string of the molecule is COC(=O)N[C@H](CO[Si](c1ccccc1)(c1ccccc1)C(C)(C)C)CC(=O)C(=[N+]=[N-])C(=O)OC. The lowest BCUT2D eigenvalue weighted by Gasteiger charge is -2.43. The number of carbonyl (C=O) groups excluding carboxylic acids is 3. The Hall–Kier alpha value is -3.59. The predicted molar refractivity (Wildman–Crippen MR) is 133 cm³/mol.